The lowest BCUT2D eigenvalue weighted by Gasteiger charge is -2.10. The molecule has 3 aromatic carbocycles. The van der Waals surface area contributed by atoms with E-state index in [-0.39, 0.29) is 12.2 Å². The summed E-state index contributed by atoms with van der Waals surface area (Å²) in [5.41, 5.74) is 3.74. The molecule has 0 aliphatic rings. The molecular formula is C26H22N2O3. The van der Waals surface area contributed by atoms with Gasteiger partial charge in [0.05, 0.1) is 32.0 Å². The average Bonchev–Trinajstić information content (AvgIpc) is 2.84. The Balaban J connectivity index is 1.79. The van der Waals surface area contributed by atoms with Crippen LogP contribution in [0.4, 0.5) is 0 Å². The number of hydrogen-bond acceptors (Lipinski definition) is 5. The second-order valence-corrected chi connectivity index (χ2v) is 7.00. The van der Waals surface area contributed by atoms with Gasteiger partial charge in [0.1, 0.15) is 11.5 Å². The zero-order valence-corrected chi connectivity index (χ0v) is 17.4. The highest BCUT2D eigenvalue weighted by molar-refractivity contribution is 5.97. The van der Waals surface area contributed by atoms with Crippen LogP contribution < -0.4 is 9.47 Å². The molecule has 154 valence electrons. The molecule has 4 rings (SSSR count). The molecule has 0 saturated heterocycles. The monoisotopic (exact) mass is 410 g/mol. The van der Waals surface area contributed by atoms with E-state index in [0.717, 1.165) is 28.3 Å². The molecular weight excluding hydrogens is 388 g/mol. The highest BCUT2D eigenvalue weighted by Gasteiger charge is 2.14. The summed E-state index contributed by atoms with van der Waals surface area (Å²) in [7, 11) is 3.25. The summed E-state index contributed by atoms with van der Waals surface area (Å²) in [6.45, 7) is 0. The molecule has 0 N–H and O–H groups in total. The maximum atomic E-state index is 12.8. The third-order valence-corrected chi connectivity index (χ3v) is 4.91. The standard InChI is InChI=1S/C26H22N2O3/c1-30-22-12-6-10-19(14-22)24-16-21(17-25(29)18-8-4-3-5-9-18)27-26(28-24)20-11-7-13-23(15-20)31-2/h3-16H,17H2,1-2H3. The Morgan fingerprint density at radius 1 is 0.742 bits per heavy atom. The van der Waals surface area contributed by atoms with Gasteiger partial charge in [-0.2, -0.15) is 0 Å². The van der Waals surface area contributed by atoms with Crippen molar-refractivity contribution in [1.82, 2.24) is 9.97 Å². The van der Waals surface area contributed by atoms with Gasteiger partial charge in [-0.1, -0.05) is 54.6 Å². The van der Waals surface area contributed by atoms with E-state index in [9.17, 15) is 4.79 Å². The predicted octanol–water partition coefficient (Wildman–Crippen LogP) is 5.25. The van der Waals surface area contributed by atoms with E-state index in [2.05, 4.69) is 0 Å². The molecule has 0 aliphatic carbocycles. The van der Waals surface area contributed by atoms with Crippen molar-refractivity contribution < 1.29 is 14.3 Å². The average molecular weight is 410 g/mol. The van der Waals surface area contributed by atoms with E-state index >= 15 is 0 Å². The van der Waals surface area contributed by atoms with E-state index in [4.69, 9.17) is 19.4 Å². The van der Waals surface area contributed by atoms with Gasteiger partial charge in [0.15, 0.2) is 11.6 Å². The van der Waals surface area contributed by atoms with Crippen LogP contribution in [0.1, 0.15) is 16.1 Å². The SMILES string of the molecule is COc1cccc(-c2cc(CC(=O)c3ccccc3)nc(-c3cccc(OC)c3)n2)c1. The first kappa shape index (κ1) is 20.3. The predicted molar refractivity (Wildman–Crippen MR) is 120 cm³/mol. The van der Waals surface area contributed by atoms with Gasteiger partial charge in [-0.05, 0) is 30.3 Å². The van der Waals surface area contributed by atoms with Crippen LogP contribution in [-0.4, -0.2) is 30.0 Å². The number of rotatable bonds is 7. The number of hydrogen-bond donors (Lipinski definition) is 0. The lowest BCUT2D eigenvalue weighted by molar-refractivity contribution is 0.0992. The maximum Gasteiger partial charge on any atom is 0.168 e. The summed E-state index contributed by atoms with van der Waals surface area (Å²) in [5.74, 6) is 2.00. The van der Waals surface area contributed by atoms with Gasteiger partial charge in [-0.15, -0.1) is 0 Å². The molecule has 5 heteroatoms. The van der Waals surface area contributed by atoms with Gasteiger partial charge < -0.3 is 9.47 Å². The molecule has 0 spiro atoms. The Bertz CT molecular complexity index is 1140. The van der Waals surface area contributed by atoms with Crippen molar-refractivity contribution in [2.24, 2.45) is 0 Å². The Hall–Kier alpha value is -3.99. The van der Waals surface area contributed by atoms with E-state index in [1.54, 1.807) is 14.2 Å². The number of aromatic nitrogens is 2. The minimum Gasteiger partial charge on any atom is -0.497 e. The minimum atomic E-state index is 0.00693. The molecule has 31 heavy (non-hydrogen) atoms. The van der Waals surface area contributed by atoms with Crippen molar-refractivity contribution in [1.29, 1.82) is 0 Å². The zero-order chi connectivity index (χ0) is 21.6. The van der Waals surface area contributed by atoms with Gasteiger partial charge in [0.25, 0.3) is 0 Å². The molecule has 1 heterocycles. The van der Waals surface area contributed by atoms with Gasteiger partial charge >= 0.3 is 0 Å². The summed E-state index contributed by atoms with van der Waals surface area (Å²) < 4.78 is 10.7. The number of benzene rings is 3. The van der Waals surface area contributed by atoms with Crippen LogP contribution in [0.15, 0.2) is 84.9 Å². The molecule has 0 fully saturated rings. The number of methoxy groups -OCH3 is 2. The summed E-state index contributed by atoms with van der Waals surface area (Å²) in [4.78, 5) is 22.3. The Morgan fingerprint density at radius 2 is 1.39 bits per heavy atom. The van der Waals surface area contributed by atoms with Gasteiger partial charge in [-0.3, -0.25) is 4.79 Å². The van der Waals surface area contributed by atoms with Crippen molar-refractivity contribution in [3.8, 4) is 34.1 Å². The van der Waals surface area contributed by atoms with Crippen molar-refractivity contribution in [2.45, 2.75) is 6.42 Å². The minimum absolute atomic E-state index is 0.00693. The quantitative estimate of drug-likeness (QED) is 0.389. The first-order valence-corrected chi connectivity index (χ1v) is 9.91. The number of ketones is 1. The molecule has 0 bridgehead atoms. The van der Waals surface area contributed by atoms with Crippen LogP contribution in [-0.2, 0) is 6.42 Å². The van der Waals surface area contributed by atoms with Crippen LogP contribution >= 0.6 is 0 Å². The van der Waals surface area contributed by atoms with Crippen molar-refractivity contribution >= 4 is 5.78 Å². The smallest absolute Gasteiger partial charge is 0.168 e. The fourth-order valence-electron chi connectivity index (χ4n) is 3.30. The lowest BCUT2D eigenvalue weighted by Crippen LogP contribution is -2.07. The summed E-state index contributed by atoms with van der Waals surface area (Å²) >= 11 is 0. The van der Waals surface area contributed by atoms with Gasteiger partial charge in [-0.25, -0.2) is 9.97 Å². The van der Waals surface area contributed by atoms with E-state index < -0.39 is 0 Å². The van der Waals surface area contributed by atoms with Crippen LogP contribution in [0.3, 0.4) is 0 Å². The molecule has 1 aromatic heterocycles. The third-order valence-electron chi connectivity index (χ3n) is 4.91. The van der Waals surface area contributed by atoms with Gasteiger partial charge in [0, 0.05) is 16.7 Å². The van der Waals surface area contributed by atoms with Crippen molar-refractivity contribution in [2.75, 3.05) is 14.2 Å². The largest absolute Gasteiger partial charge is 0.497 e. The highest BCUT2D eigenvalue weighted by Crippen LogP contribution is 2.27. The van der Waals surface area contributed by atoms with Crippen molar-refractivity contribution in [3.63, 3.8) is 0 Å². The number of ether oxygens (including phenoxy) is 2. The van der Waals surface area contributed by atoms with E-state index in [1.165, 1.54) is 0 Å². The molecule has 0 aliphatic heterocycles. The van der Waals surface area contributed by atoms with E-state index in [0.29, 0.717) is 17.1 Å². The molecule has 0 atom stereocenters. The van der Waals surface area contributed by atoms with Gasteiger partial charge in [0.2, 0.25) is 0 Å². The molecule has 0 unspecified atom stereocenters. The molecule has 5 nitrogen and oxygen atoms in total. The normalized spacial score (nSPS) is 10.5. The Kier molecular flexibility index (Phi) is 6.03. The van der Waals surface area contributed by atoms with E-state index in [1.807, 2.05) is 84.9 Å². The van der Waals surface area contributed by atoms with Crippen LogP contribution in [0.2, 0.25) is 0 Å². The lowest BCUT2D eigenvalue weighted by atomic mass is 10.0. The van der Waals surface area contributed by atoms with Crippen molar-refractivity contribution in [3.05, 3.63) is 96.2 Å². The number of nitrogens with zero attached hydrogens (tertiary/aromatic N) is 2. The fraction of sp³-hybridized carbons (Fsp3) is 0.115. The van der Waals surface area contributed by atoms with Crippen LogP contribution in [0.5, 0.6) is 11.5 Å². The van der Waals surface area contributed by atoms with Crippen LogP contribution in [0.25, 0.3) is 22.6 Å². The fourth-order valence-corrected chi connectivity index (χ4v) is 3.30. The van der Waals surface area contributed by atoms with Crippen LogP contribution in [0, 0.1) is 0 Å². The maximum absolute atomic E-state index is 12.8. The highest BCUT2D eigenvalue weighted by atomic mass is 16.5. The number of carbonyl (C=O) groups excluding carboxylic acids is 1. The summed E-state index contributed by atoms with van der Waals surface area (Å²) in [6.07, 6.45) is 0.181. The number of carbonyl (C=O) groups is 1. The Labute approximate surface area is 181 Å². The first-order valence-electron chi connectivity index (χ1n) is 9.91. The first-order chi connectivity index (χ1) is 15.2. The molecule has 4 aromatic rings. The Morgan fingerprint density at radius 3 is 2.06 bits per heavy atom. The second-order valence-electron chi connectivity index (χ2n) is 7.00. The molecule has 0 radical (unpaired) electrons. The molecule has 0 amide bonds. The number of Topliss-reactive ketones (excluding diaryl/α,β-unsaturated/α-hetero) is 1. The molecule has 0 saturated carbocycles. The summed E-state index contributed by atoms with van der Waals surface area (Å²) in [5, 5.41) is 0. The third kappa shape index (κ3) is 4.78. The topological polar surface area (TPSA) is 61.3 Å². The summed E-state index contributed by atoms with van der Waals surface area (Å²) in [6, 6.07) is 26.3. The second kappa shape index (κ2) is 9.22. The zero-order valence-electron chi connectivity index (χ0n) is 17.4.